The fourth-order valence-electron chi connectivity index (χ4n) is 0.925. The summed E-state index contributed by atoms with van der Waals surface area (Å²) in [4.78, 5) is -0.0700. The molecule has 0 aromatic heterocycles. The van der Waals surface area contributed by atoms with Crippen molar-refractivity contribution in [2.75, 3.05) is 6.61 Å². The molecule has 0 heterocycles. The van der Waals surface area contributed by atoms with Crippen LogP contribution in [-0.4, -0.2) is 15.0 Å². The third kappa shape index (κ3) is 3.87. The highest BCUT2D eigenvalue weighted by Gasteiger charge is 2.12. The quantitative estimate of drug-likeness (QED) is 0.801. The van der Waals surface area contributed by atoms with Crippen LogP contribution >= 0.6 is 33.9 Å². The summed E-state index contributed by atoms with van der Waals surface area (Å²) in [5, 5.41) is 0.171. The Kier molecular flexibility index (Phi) is 4.92. The third-order valence-corrected chi connectivity index (χ3v) is 3.43. The smallest absolute Gasteiger partial charge is 0.261 e. The number of ether oxygens (including phenoxy) is 1. The lowest BCUT2D eigenvalue weighted by molar-refractivity contribution is 0.363. The van der Waals surface area contributed by atoms with Gasteiger partial charge in [0.1, 0.15) is 12.4 Å². The van der Waals surface area contributed by atoms with Crippen molar-refractivity contribution < 1.29 is 13.2 Å². The van der Waals surface area contributed by atoms with Gasteiger partial charge in [0, 0.05) is 16.2 Å². The highest BCUT2D eigenvalue weighted by Crippen LogP contribution is 2.28. The second-order valence-corrected chi connectivity index (χ2v) is 5.93. The molecule has 88 valence electrons. The van der Waals surface area contributed by atoms with Crippen LogP contribution in [0, 0.1) is 0 Å². The minimum absolute atomic E-state index is 0.0700. The molecule has 0 fully saturated rings. The molecule has 3 nitrogen and oxygen atoms in total. The molecule has 16 heavy (non-hydrogen) atoms. The predicted molar refractivity (Wildman–Crippen MR) is 65.0 cm³/mol. The SMILES string of the molecule is O=S(=O)(Cl)c1ccc(OC/C=C/Cl)c(Cl)c1. The fraction of sp³-hybridized carbons (Fsp3) is 0.111. The van der Waals surface area contributed by atoms with Crippen LogP contribution in [0.15, 0.2) is 34.7 Å². The lowest BCUT2D eigenvalue weighted by atomic mass is 10.3. The maximum Gasteiger partial charge on any atom is 0.261 e. The van der Waals surface area contributed by atoms with E-state index in [1.54, 1.807) is 6.08 Å². The lowest BCUT2D eigenvalue weighted by Crippen LogP contribution is -1.96. The van der Waals surface area contributed by atoms with Gasteiger partial charge < -0.3 is 4.74 Å². The van der Waals surface area contributed by atoms with E-state index in [4.69, 9.17) is 38.6 Å². The van der Waals surface area contributed by atoms with Gasteiger partial charge in [-0.2, -0.15) is 0 Å². The summed E-state index contributed by atoms with van der Waals surface area (Å²) in [5.74, 6) is 0.362. The predicted octanol–water partition coefficient (Wildman–Crippen LogP) is 3.40. The summed E-state index contributed by atoms with van der Waals surface area (Å²) in [5.41, 5.74) is 1.31. The van der Waals surface area contributed by atoms with Crippen molar-refractivity contribution in [2.45, 2.75) is 4.90 Å². The second-order valence-electron chi connectivity index (χ2n) is 2.70. The van der Waals surface area contributed by atoms with Crippen molar-refractivity contribution >= 4 is 42.9 Å². The molecular formula is C9H7Cl3O3S. The van der Waals surface area contributed by atoms with Crippen LogP contribution in [0.25, 0.3) is 0 Å². The first-order chi connectivity index (χ1) is 7.45. The van der Waals surface area contributed by atoms with Gasteiger partial charge in [-0.1, -0.05) is 23.2 Å². The van der Waals surface area contributed by atoms with Crippen LogP contribution in [0.4, 0.5) is 0 Å². The van der Waals surface area contributed by atoms with E-state index < -0.39 is 9.05 Å². The second kappa shape index (κ2) is 5.77. The van der Waals surface area contributed by atoms with Crippen LogP contribution in [0.3, 0.4) is 0 Å². The molecule has 0 saturated heterocycles. The van der Waals surface area contributed by atoms with E-state index in [0.717, 1.165) is 0 Å². The molecule has 0 bridgehead atoms. The molecule has 0 amide bonds. The summed E-state index contributed by atoms with van der Waals surface area (Å²) in [6, 6.07) is 3.97. The Balaban J connectivity index is 2.92. The number of rotatable bonds is 4. The average molecular weight is 302 g/mol. The Morgan fingerprint density at radius 2 is 2.06 bits per heavy atom. The molecule has 0 aliphatic carbocycles. The number of hydrogen-bond donors (Lipinski definition) is 0. The van der Waals surface area contributed by atoms with Crippen LogP contribution in [-0.2, 0) is 9.05 Å². The van der Waals surface area contributed by atoms with Crippen LogP contribution < -0.4 is 4.74 Å². The Bertz CT molecular complexity index is 497. The van der Waals surface area contributed by atoms with Crippen molar-refractivity contribution in [3.8, 4) is 5.75 Å². The van der Waals surface area contributed by atoms with Crippen LogP contribution in [0.1, 0.15) is 0 Å². The van der Waals surface area contributed by atoms with Crippen molar-refractivity contribution in [3.63, 3.8) is 0 Å². The summed E-state index contributed by atoms with van der Waals surface area (Å²) in [7, 11) is 1.38. The van der Waals surface area contributed by atoms with Gasteiger partial charge in [-0.25, -0.2) is 8.42 Å². The molecule has 1 aromatic carbocycles. The van der Waals surface area contributed by atoms with Gasteiger partial charge in [0.15, 0.2) is 0 Å². The zero-order valence-electron chi connectivity index (χ0n) is 7.86. The van der Waals surface area contributed by atoms with E-state index in [1.807, 2.05) is 0 Å². The first-order valence-electron chi connectivity index (χ1n) is 4.07. The van der Waals surface area contributed by atoms with Gasteiger partial charge >= 0.3 is 0 Å². The zero-order valence-corrected chi connectivity index (χ0v) is 10.9. The summed E-state index contributed by atoms with van der Waals surface area (Å²) in [6.45, 7) is 0.246. The maximum absolute atomic E-state index is 11.0. The molecule has 7 heteroatoms. The normalized spacial score (nSPS) is 11.9. The topological polar surface area (TPSA) is 43.4 Å². The molecule has 0 aliphatic rings. The number of hydrogen-bond acceptors (Lipinski definition) is 3. The monoisotopic (exact) mass is 300 g/mol. The minimum atomic E-state index is -3.77. The van der Waals surface area contributed by atoms with Gasteiger partial charge in [-0.15, -0.1) is 0 Å². The zero-order chi connectivity index (χ0) is 12.2. The summed E-state index contributed by atoms with van der Waals surface area (Å²) < 4.78 is 27.2. The third-order valence-electron chi connectivity index (χ3n) is 1.61. The Morgan fingerprint density at radius 3 is 2.56 bits per heavy atom. The molecule has 0 saturated carbocycles. The lowest BCUT2D eigenvalue weighted by Gasteiger charge is -2.06. The van der Waals surface area contributed by atoms with Gasteiger partial charge in [-0.05, 0) is 24.3 Å². The number of halogens is 3. The molecule has 0 atom stereocenters. The number of benzene rings is 1. The van der Waals surface area contributed by atoms with E-state index in [2.05, 4.69) is 0 Å². The highest BCUT2D eigenvalue weighted by atomic mass is 35.7. The van der Waals surface area contributed by atoms with E-state index in [-0.39, 0.29) is 16.5 Å². The highest BCUT2D eigenvalue weighted by molar-refractivity contribution is 8.13. The van der Waals surface area contributed by atoms with E-state index in [1.165, 1.54) is 23.7 Å². The van der Waals surface area contributed by atoms with E-state index in [9.17, 15) is 8.42 Å². The van der Waals surface area contributed by atoms with E-state index >= 15 is 0 Å². The standard InChI is InChI=1S/C9H7Cl3O3S/c10-4-1-5-15-9-3-2-7(6-8(9)11)16(12,13)14/h1-4,6H,5H2/b4-1+. The largest absolute Gasteiger partial charge is 0.488 e. The molecule has 1 aromatic rings. The Labute approximate surface area is 108 Å². The van der Waals surface area contributed by atoms with Crippen molar-refractivity contribution in [2.24, 2.45) is 0 Å². The van der Waals surface area contributed by atoms with Crippen molar-refractivity contribution in [3.05, 3.63) is 34.8 Å². The molecule has 0 unspecified atom stereocenters. The molecule has 0 spiro atoms. The van der Waals surface area contributed by atoms with Crippen molar-refractivity contribution in [1.82, 2.24) is 0 Å². The molecular weight excluding hydrogens is 295 g/mol. The van der Waals surface area contributed by atoms with Gasteiger partial charge in [0.25, 0.3) is 9.05 Å². The molecule has 0 radical (unpaired) electrons. The Hall–Kier alpha value is -0.420. The minimum Gasteiger partial charge on any atom is -0.488 e. The Morgan fingerprint density at radius 1 is 1.38 bits per heavy atom. The van der Waals surface area contributed by atoms with Gasteiger partial charge in [-0.3, -0.25) is 0 Å². The van der Waals surface area contributed by atoms with Crippen LogP contribution in [0.5, 0.6) is 5.75 Å². The molecule has 1 rings (SSSR count). The van der Waals surface area contributed by atoms with Gasteiger partial charge in [0.2, 0.25) is 0 Å². The molecule has 0 N–H and O–H groups in total. The first-order valence-corrected chi connectivity index (χ1v) is 7.20. The summed E-state index contributed by atoms with van der Waals surface area (Å²) >= 11 is 11.1. The summed E-state index contributed by atoms with van der Waals surface area (Å²) in [6.07, 6.45) is 1.57. The first kappa shape index (κ1) is 13.6. The maximum atomic E-state index is 11.0. The average Bonchev–Trinajstić information content (AvgIpc) is 2.19. The van der Waals surface area contributed by atoms with Crippen molar-refractivity contribution in [1.29, 1.82) is 0 Å². The van der Waals surface area contributed by atoms with Crippen LogP contribution in [0.2, 0.25) is 5.02 Å². The molecule has 0 aliphatic heterocycles. The van der Waals surface area contributed by atoms with E-state index in [0.29, 0.717) is 5.75 Å². The van der Waals surface area contributed by atoms with Gasteiger partial charge in [0.05, 0.1) is 9.92 Å². The fourth-order valence-corrected chi connectivity index (χ4v) is 2.07.